The van der Waals surface area contributed by atoms with Gasteiger partial charge in [0.1, 0.15) is 5.58 Å². The summed E-state index contributed by atoms with van der Waals surface area (Å²) in [7, 11) is 0. The molecule has 1 aromatic heterocycles. The molecule has 0 N–H and O–H groups in total. The van der Waals surface area contributed by atoms with Gasteiger partial charge in [-0.05, 0) is 12.1 Å². The van der Waals surface area contributed by atoms with Gasteiger partial charge < -0.3 is 9.15 Å². The molecule has 0 fully saturated rings. The minimum atomic E-state index is -1.14. The summed E-state index contributed by atoms with van der Waals surface area (Å²) in [5.74, 6) is -1.43. The molecule has 2 rings (SSSR count). The lowest BCUT2D eigenvalue weighted by Crippen LogP contribution is -2.14. The highest BCUT2D eigenvalue weighted by Crippen LogP contribution is 2.16. The number of esters is 1. The van der Waals surface area contributed by atoms with Crippen molar-refractivity contribution in [3.8, 4) is 5.75 Å². The molecule has 1 aromatic carbocycles. The van der Waals surface area contributed by atoms with E-state index in [1.54, 1.807) is 24.3 Å². The fourth-order valence-electron chi connectivity index (χ4n) is 1.25. The van der Waals surface area contributed by atoms with Crippen LogP contribution in [0.2, 0.25) is 0 Å². The van der Waals surface area contributed by atoms with E-state index in [2.05, 4.69) is 4.74 Å². The second kappa shape index (κ2) is 3.98. The number of ether oxygens (including phenoxy) is 1. The fraction of sp³-hybridized carbons (Fsp3) is 0. The number of para-hydroxylation sites is 1. The van der Waals surface area contributed by atoms with Crippen molar-refractivity contribution in [2.45, 2.75) is 0 Å². The molecular weight excluding hydrogens is 212 g/mol. The van der Waals surface area contributed by atoms with E-state index >= 15 is 0 Å². The number of hydrogen-bond donors (Lipinski definition) is 0. The maximum absolute atomic E-state index is 11.3. The predicted octanol–water partition coefficient (Wildman–Crippen LogP) is 0.897. The molecule has 2 aromatic rings. The van der Waals surface area contributed by atoms with Gasteiger partial charge in [-0.15, -0.1) is 0 Å². The first-order chi connectivity index (χ1) is 7.70. The topological polar surface area (TPSA) is 73.6 Å². The van der Waals surface area contributed by atoms with Crippen molar-refractivity contribution in [1.82, 2.24) is 0 Å². The van der Waals surface area contributed by atoms with Crippen molar-refractivity contribution in [2.24, 2.45) is 0 Å². The summed E-state index contributed by atoms with van der Waals surface area (Å²) in [5, 5.41) is 0.607. The van der Waals surface area contributed by atoms with Crippen molar-refractivity contribution < 1.29 is 18.7 Å². The Kier molecular flexibility index (Phi) is 2.51. The van der Waals surface area contributed by atoms with Gasteiger partial charge in [0, 0.05) is 5.39 Å². The van der Waals surface area contributed by atoms with E-state index in [-0.39, 0.29) is 12.0 Å². The number of carbonyl (C=O) groups is 2. The lowest BCUT2D eigenvalue weighted by atomic mass is 10.2. The molecule has 16 heavy (non-hydrogen) atoms. The van der Waals surface area contributed by atoms with Gasteiger partial charge in [-0.3, -0.25) is 4.79 Å². The quantitative estimate of drug-likeness (QED) is 0.324. The fourth-order valence-corrected chi connectivity index (χ4v) is 1.25. The number of carbonyl (C=O) groups excluding carboxylic acids is 2. The molecule has 0 spiro atoms. The third-order valence-electron chi connectivity index (χ3n) is 1.92. The predicted molar refractivity (Wildman–Crippen MR) is 54.2 cm³/mol. The van der Waals surface area contributed by atoms with Crippen LogP contribution < -0.4 is 10.4 Å². The van der Waals surface area contributed by atoms with Gasteiger partial charge in [-0.1, -0.05) is 18.2 Å². The van der Waals surface area contributed by atoms with Crippen molar-refractivity contribution >= 4 is 23.2 Å². The second-order valence-electron chi connectivity index (χ2n) is 2.97. The Morgan fingerprint density at radius 3 is 2.81 bits per heavy atom. The Morgan fingerprint density at radius 2 is 2.06 bits per heavy atom. The molecule has 5 heteroatoms. The molecule has 0 aliphatic rings. The Hall–Kier alpha value is -2.43. The van der Waals surface area contributed by atoms with Gasteiger partial charge >= 0.3 is 11.6 Å². The summed E-state index contributed by atoms with van der Waals surface area (Å²) in [6.07, 6.45) is -0.0192. The van der Waals surface area contributed by atoms with Gasteiger partial charge in [-0.25, -0.2) is 9.59 Å². The molecular formula is C11H6O5. The molecule has 0 radical (unpaired) electrons. The van der Waals surface area contributed by atoms with Crippen LogP contribution in [0.3, 0.4) is 0 Å². The Bertz CT molecular complexity index is 611. The zero-order valence-corrected chi connectivity index (χ0v) is 8.01. The smallest absolute Gasteiger partial charge is 0.379 e. The first-order valence-electron chi connectivity index (χ1n) is 4.40. The molecule has 0 saturated heterocycles. The zero-order valence-electron chi connectivity index (χ0n) is 8.01. The summed E-state index contributed by atoms with van der Waals surface area (Å²) in [4.78, 5) is 32.1. The van der Waals surface area contributed by atoms with Gasteiger partial charge in [-0.2, -0.15) is 0 Å². The van der Waals surface area contributed by atoms with Crippen molar-refractivity contribution in [3.05, 3.63) is 40.8 Å². The van der Waals surface area contributed by atoms with Crippen LogP contribution in [-0.2, 0) is 9.59 Å². The first kappa shape index (κ1) is 10.1. The molecule has 1 heterocycles. The van der Waals surface area contributed by atoms with Gasteiger partial charge in [0.05, 0.1) is 0 Å². The molecule has 0 aliphatic carbocycles. The van der Waals surface area contributed by atoms with Crippen LogP contribution in [0.25, 0.3) is 11.0 Å². The maximum atomic E-state index is 11.3. The van der Waals surface area contributed by atoms with E-state index in [0.29, 0.717) is 11.0 Å². The van der Waals surface area contributed by atoms with E-state index in [9.17, 15) is 14.4 Å². The summed E-state index contributed by atoms with van der Waals surface area (Å²) in [5.41, 5.74) is -0.410. The maximum Gasteiger partial charge on any atom is 0.379 e. The average molecular weight is 218 g/mol. The van der Waals surface area contributed by atoms with Crippen molar-refractivity contribution in [3.63, 3.8) is 0 Å². The van der Waals surface area contributed by atoms with E-state index in [0.717, 1.165) is 0 Å². The van der Waals surface area contributed by atoms with Crippen LogP contribution in [0.15, 0.2) is 39.5 Å². The SMILES string of the molecule is O=CC(=O)Oc1cc2ccccc2oc1=O. The molecule has 0 unspecified atom stereocenters. The zero-order chi connectivity index (χ0) is 11.5. The minimum absolute atomic E-state index is 0.0192. The Labute approximate surface area is 89.2 Å². The van der Waals surface area contributed by atoms with Crippen molar-refractivity contribution in [1.29, 1.82) is 0 Å². The first-order valence-corrected chi connectivity index (χ1v) is 4.40. The molecule has 5 nitrogen and oxygen atoms in total. The van der Waals surface area contributed by atoms with Crippen LogP contribution >= 0.6 is 0 Å². The third kappa shape index (κ3) is 1.83. The lowest BCUT2D eigenvalue weighted by Gasteiger charge is -2.00. The second-order valence-corrected chi connectivity index (χ2v) is 2.97. The summed E-state index contributed by atoms with van der Waals surface area (Å²) >= 11 is 0. The van der Waals surface area contributed by atoms with Crippen molar-refractivity contribution in [2.75, 3.05) is 0 Å². The van der Waals surface area contributed by atoms with Gasteiger partial charge in [0.15, 0.2) is 0 Å². The largest absolute Gasteiger partial charge is 0.420 e. The van der Waals surface area contributed by atoms with E-state index in [1.807, 2.05) is 0 Å². The third-order valence-corrected chi connectivity index (χ3v) is 1.92. The number of rotatable bonds is 2. The van der Waals surface area contributed by atoms with Crippen LogP contribution in [-0.4, -0.2) is 12.3 Å². The summed E-state index contributed by atoms with van der Waals surface area (Å²) < 4.78 is 9.38. The lowest BCUT2D eigenvalue weighted by molar-refractivity contribution is -0.141. The number of fused-ring (bicyclic) bond motifs is 1. The van der Waals surface area contributed by atoms with E-state index in [1.165, 1.54) is 6.07 Å². The van der Waals surface area contributed by atoms with E-state index in [4.69, 9.17) is 4.42 Å². The summed E-state index contributed by atoms with van der Waals surface area (Å²) in [6, 6.07) is 8.11. The van der Waals surface area contributed by atoms with Gasteiger partial charge in [0.25, 0.3) is 0 Å². The Balaban J connectivity index is 2.54. The van der Waals surface area contributed by atoms with Crippen LogP contribution in [0.5, 0.6) is 5.75 Å². The standard InChI is InChI=1S/C11H6O5/c12-6-10(13)15-9-5-7-3-1-2-4-8(7)16-11(9)14/h1-6H. The highest BCUT2D eigenvalue weighted by molar-refractivity contribution is 6.21. The minimum Gasteiger partial charge on any atom is -0.420 e. The monoisotopic (exact) mass is 218 g/mol. The molecule has 80 valence electrons. The molecule has 0 amide bonds. The number of aldehydes is 1. The molecule has 0 atom stereocenters. The summed E-state index contributed by atoms with van der Waals surface area (Å²) in [6.45, 7) is 0. The average Bonchev–Trinajstić information content (AvgIpc) is 2.30. The van der Waals surface area contributed by atoms with Crippen LogP contribution in [0.4, 0.5) is 0 Å². The number of hydrogen-bond acceptors (Lipinski definition) is 5. The number of benzene rings is 1. The molecule has 0 saturated carbocycles. The highest BCUT2D eigenvalue weighted by atomic mass is 16.5. The van der Waals surface area contributed by atoms with Gasteiger partial charge in [0.2, 0.25) is 12.0 Å². The highest BCUT2D eigenvalue weighted by Gasteiger charge is 2.09. The van der Waals surface area contributed by atoms with Crippen LogP contribution in [0.1, 0.15) is 0 Å². The molecule has 0 bridgehead atoms. The Morgan fingerprint density at radius 1 is 1.31 bits per heavy atom. The van der Waals surface area contributed by atoms with Crippen LogP contribution in [0, 0.1) is 0 Å². The van der Waals surface area contributed by atoms with E-state index < -0.39 is 11.6 Å². The normalized spacial score (nSPS) is 10.0. The molecule has 0 aliphatic heterocycles.